The fourth-order valence-corrected chi connectivity index (χ4v) is 3.90. The van der Waals surface area contributed by atoms with E-state index in [9.17, 15) is 12.8 Å². The van der Waals surface area contributed by atoms with Crippen LogP contribution in [0, 0.1) is 5.82 Å². The number of halogens is 2. The Bertz CT molecular complexity index is 1160. The van der Waals surface area contributed by atoms with Crippen LogP contribution in [0.4, 0.5) is 4.39 Å². The maximum absolute atomic E-state index is 14.0. The highest BCUT2D eigenvalue weighted by molar-refractivity contribution is 7.89. The zero-order valence-electron chi connectivity index (χ0n) is 14.9. The fraction of sp³-hybridized carbons (Fsp3) is 0.211. The number of ether oxygens (including phenoxy) is 1. The Balaban J connectivity index is 1.86. The number of sulfonamides is 1. The Hall–Kier alpha value is -2.26. The van der Waals surface area contributed by atoms with Crippen molar-refractivity contribution in [1.29, 1.82) is 0 Å². The second-order valence-corrected chi connectivity index (χ2v) is 8.65. The molecule has 0 aliphatic carbocycles. The van der Waals surface area contributed by atoms with E-state index in [1.165, 1.54) is 24.3 Å². The third-order valence-electron chi connectivity index (χ3n) is 4.69. The zero-order valence-corrected chi connectivity index (χ0v) is 16.5. The van der Waals surface area contributed by atoms with Crippen LogP contribution < -0.4 is 5.14 Å². The Morgan fingerprint density at radius 2 is 1.96 bits per heavy atom. The maximum Gasteiger partial charge on any atom is 0.238 e. The normalized spacial score (nSPS) is 16.8. The first-order chi connectivity index (χ1) is 13.2. The molecule has 3 aromatic rings. The van der Waals surface area contributed by atoms with Gasteiger partial charge in [-0.2, -0.15) is 5.10 Å². The maximum atomic E-state index is 14.0. The van der Waals surface area contributed by atoms with E-state index in [0.717, 1.165) is 16.8 Å². The number of aromatic nitrogens is 2. The molecule has 0 saturated carbocycles. The first kappa shape index (κ1) is 19.1. The molecule has 6 nitrogen and oxygen atoms in total. The summed E-state index contributed by atoms with van der Waals surface area (Å²) >= 11 is 5.80. The van der Waals surface area contributed by atoms with Gasteiger partial charge in [0.25, 0.3) is 0 Å². The molecule has 1 atom stereocenters. The van der Waals surface area contributed by atoms with Crippen LogP contribution in [0.5, 0.6) is 0 Å². The van der Waals surface area contributed by atoms with Gasteiger partial charge in [0.05, 0.1) is 39.7 Å². The van der Waals surface area contributed by atoms with Crippen LogP contribution >= 0.6 is 11.6 Å². The van der Waals surface area contributed by atoms with E-state index in [1.807, 2.05) is 6.92 Å². The van der Waals surface area contributed by atoms with E-state index < -0.39 is 15.8 Å². The summed E-state index contributed by atoms with van der Waals surface area (Å²) in [6.07, 6.45) is 0.611. The monoisotopic (exact) mass is 421 g/mol. The van der Waals surface area contributed by atoms with Gasteiger partial charge in [-0.25, -0.2) is 22.6 Å². The number of fused-ring (bicyclic) bond motifs is 1. The lowest BCUT2D eigenvalue weighted by Crippen LogP contribution is -2.21. The van der Waals surface area contributed by atoms with Gasteiger partial charge in [0, 0.05) is 23.6 Å². The molecule has 0 saturated heterocycles. The van der Waals surface area contributed by atoms with Crippen LogP contribution in [-0.2, 0) is 27.8 Å². The quantitative estimate of drug-likeness (QED) is 0.701. The lowest BCUT2D eigenvalue weighted by atomic mass is 10.0. The van der Waals surface area contributed by atoms with Crippen molar-refractivity contribution in [2.75, 3.05) is 0 Å². The molecule has 9 heteroatoms. The number of benzene rings is 2. The molecule has 0 unspecified atom stereocenters. The summed E-state index contributed by atoms with van der Waals surface area (Å²) in [5, 5.41) is 9.88. The smallest absolute Gasteiger partial charge is 0.238 e. The minimum Gasteiger partial charge on any atom is -0.373 e. The fourth-order valence-electron chi connectivity index (χ4n) is 3.27. The van der Waals surface area contributed by atoms with Crippen LogP contribution in [0.2, 0.25) is 5.02 Å². The summed E-state index contributed by atoms with van der Waals surface area (Å²) in [7, 11) is -3.78. The van der Waals surface area contributed by atoms with Gasteiger partial charge >= 0.3 is 0 Å². The minimum absolute atomic E-state index is 0.00212. The highest BCUT2D eigenvalue weighted by Gasteiger charge is 2.26. The first-order valence-electron chi connectivity index (χ1n) is 8.55. The predicted octanol–water partition coefficient (Wildman–Crippen LogP) is 3.44. The lowest BCUT2D eigenvalue weighted by molar-refractivity contribution is 0.0401. The van der Waals surface area contributed by atoms with E-state index in [4.69, 9.17) is 21.5 Å². The average Bonchev–Trinajstić information content (AvgIpc) is 3.02. The first-order valence-corrected chi connectivity index (χ1v) is 10.5. The van der Waals surface area contributed by atoms with Crippen LogP contribution in [0.25, 0.3) is 16.9 Å². The average molecular weight is 422 g/mol. The molecule has 0 spiro atoms. The van der Waals surface area contributed by atoms with E-state index in [1.54, 1.807) is 22.9 Å². The molecular formula is C19H17ClFN3O3S. The molecule has 2 heterocycles. The zero-order chi connectivity index (χ0) is 20.1. The molecule has 0 radical (unpaired) electrons. The Morgan fingerprint density at radius 3 is 2.61 bits per heavy atom. The van der Waals surface area contributed by atoms with E-state index in [2.05, 4.69) is 5.10 Å². The predicted molar refractivity (Wildman–Crippen MR) is 103 cm³/mol. The summed E-state index contributed by atoms with van der Waals surface area (Å²) < 4.78 is 44.4. The van der Waals surface area contributed by atoms with Gasteiger partial charge in [-0.1, -0.05) is 23.7 Å². The van der Waals surface area contributed by atoms with Crippen molar-refractivity contribution in [3.8, 4) is 16.9 Å². The molecule has 2 N–H and O–H groups in total. The van der Waals surface area contributed by atoms with Crippen molar-refractivity contribution in [3.63, 3.8) is 0 Å². The van der Waals surface area contributed by atoms with E-state index in [-0.39, 0.29) is 16.0 Å². The second kappa shape index (κ2) is 6.97. The topological polar surface area (TPSA) is 87.2 Å². The Labute approximate surface area is 166 Å². The van der Waals surface area contributed by atoms with Crippen molar-refractivity contribution in [1.82, 2.24) is 9.78 Å². The van der Waals surface area contributed by atoms with Crippen LogP contribution in [-0.4, -0.2) is 24.3 Å². The van der Waals surface area contributed by atoms with Crippen molar-refractivity contribution in [2.45, 2.75) is 31.0 Å². The second-order valence-electron chi connectivity index (χ2n) is 6.68. The molecule has 0 amide bonds. The number of hydrogen-bond donors (Lipinski definition) is 1. The number of nitrogens with two attached hydrogens (primary N) is 1. The summed E-state index contributed by atoms with van der Waals surface area (Å²) in [5.74, 6) is -0.525. The number of hydrogen-bond acceptors (Lipinski definition) is 4. The molecular weight excluding hydrogens is 405 g/mol. The summed E-state index contributed by atoms with van der Waals surface area (Å²) in [4.78, 5) is 0.0224. The summed E-state index contributed by atoms with van der Waals surface area (Å²) in [5.41, 5.74) is 3.73. The van der Waals surface area contributed by atoms with Crippen molar-refractivity contribution in [2.24, 2.45) is 5.14 Å². The third-order valence-corrected chi connectivity index (χ3v) is 5.92. The van der Waals surface area contributed by atoms with Gasteiger partial charge in [0.1, 0.15) is 5.82 Å². The third kappa shape index (κ3) is 3.44. The SMILES string of the molecule is C[C@H]1Cc2c(c(-c3ccc(S(N)(=O)=O)cc3)nn2-c2ccc(Cl)c(F)c2)CO1. The van der Waals surface area contributed by atoms with Gasteiger partial charge in [-0.05, 0) is 31.2 Å². The minimum atomic E-state index is -3.78. The van der Waals surface area contributed by atoms with Crippen LogP contribution in [0.15, 0.2) is 47.4 Å². The molecule has 1 aromatic heterocycles. The van der Waals surface area contributed by atoms with Crippen LogP contribution in [0.3, 0.4) is 0 Å². The highest BCUT2D eigenvalue weighted by Crippen LogP contribution is 2.33. The Morgan fingerprint density at radius 1 is 1.25 bits per heavy atom. The number of rotatable bonds is 3. The molecule has 2 aromatic carbocycles. The summed E-state index contributed by atoms with van der Waals surface area (Å²) in [6, 6.07) is 10.7. The van der Waals surface area contributed by atoms with Crippen molar-refractivity contribution >= 4 is 21.6 Å². The summed E-state index contributed by atoms with van der Waals surface area (Å²) in [6.45, 7) is 2.32. The standard InChI is InChI=1S/C19H17ClFN3O3S/c1-11-8-18-15(10-27-11)19(12-2-5-14(6-3-12)28(22,25)26)23-24(18)13-4-7-16(20)17(21)9-13/h2-7,9,11H,8,10H2,1H3,(H2,22,25,26)/t11-/m0/s1. The van der Waals surface area contributed by atoms with E-state index >= 15 is 0 Å². The largest absolute Gasteiger partial charge is 0.373 e. The van der Waals surface area contributed by atoms with Gasteiger partial charge in [0.15, 0.2) is 0 Å². The van der Waals surface area contributed by atoms with Gasteiger partial charge < -0.3 is 4.74 Å². The molecule has 0 fully saturated rings. The molecule has 0 bridgehead atoms. The van der Waals surface area contributed by atoms with Gasteiger partial charge in [0.2, 0.25) is 10.0 Å². The number of nitrogens with zero attached hydrogens (tertiary/aromatic N) is 2. The Kier molecular flexibility index (Phi) is 4.75. The van der Waals surface area contributed by atoms with Gasteiger partial charge in [-0.15, -0.1) is 0 Å². The lowest BCUT2D eigenvalue weighted by Gasteiger charge is -2.21. The molecule has 4 rings (SSSR count). The van der Waals surface area contributed by atoms with Gasteiger partial charge in [-0.3, -0.25) is 0 Å². The van der Waals surface area contributed by atoms with Crippen LogP contribution in [0.1, 0.15) is 18.2 Å². The molecule has 1 aliphatic rings. The molecule has 28 heavy (non-hydrogen) atoms. The van der Waals surface area contributed by atoms with Crippen molar-refractivity contribution in [3.05, 3.63) is 64.6 Å². The highest BCUT2D eigenvalue weighted by atomic mass is 35.5. The van der Waals surface area contributed by atoms with E-state index in [0.29, 0.717) is 24.4 Å². The van der Waals surface area contributed by atoms with Crippen molar-refractivity contribution < 1.29 is 17.5 Å². The molecule has 1 aliphatic heterocycles. The molecule has 146 valence electrons. The number of primary sulfonamides is 1.